The van der Waals surface area contributed by atoms with Crippen molar-refractivity contribution in [2.75, 3.05) is 26.7 Å². The lowest BCUT2D eigenvalue weighted by molar-refractivity contribution is -0.132. The maximum Gasteiger partial charge on any atom is 0.222 e. The lowest BCUT2D eigenvalue weighted by atomic mass is 10.1. The van der Waals surface area contributed by atoms with Crippen LogP contribution in [0.15, 0.2) is 24.3 Å². The molecule has 0 aromatic heterocycles. The van der Waals surface area contributed by atoms with Gasteiger partial charge in [0, 0.05) is 31.6 Å². The monoisotopic (exact) mass is 330 g/mol. The van der Waals surface area contributed by atoms with Gasteiger partial charge >= 0.3 is 0 Å². The second kappa shape index (κ2) is 9.64. The molecule has 0 spiro atoms. The van der Waals surface area contributed by atoms with Gasteiger partial charge in [-0.1, -0.05) is 6.07 Å². The molecule has 1 aromatic carbocycles. The third-order valence-corrected chi connectivity index (χ3v) is 3.78. The normalized spacial score (nSPS) is 17.7. The number of carbonyl (C=O) groups excluding carboxylic acids is 1. The molecule has 0 bridgehead atoms. The highest BCUT2D eigenvalue weighted by Gasteiger charge is 2.21. The molecule has 1 aliphatic heterocycles. The molecular formula is C16H24ClFN2O2. The van der Waals surface area contributed by atoms with Crippen LogP contribution in [-0.2, 0) is 4.79 Å². The number of hydrogen-bond acceptors (Lipinski definition) is 3. The maximum atomic E-state index is 13.0. The number of ether oxygens (including phenoxy) is 1. The first kappa shape index (κ1) is 18.7. The number of likely N-dealkylation sites (N-methyl/N-ethyl adjacent to an activating group) is 1. The number of hydrogen-bond donors (Lipinski definition) is 1. The molecule has 1 N–H and O–H groups in total. The first-order chi connectivity index (χ1) is 10.2. The average molecular weight is 331 g/mol. The van der Waals surface area contributed by atoms with Gasteiger partial charge in [0.05, 0.1) is 6.61 Å². The summed E-state index contributed by atoms with van der Waals surface area (Å²) in [6, 6.07) is 6.47. The predicted octanol–water partition coefficient (Wildman–Crippen LogP) is 2.62. The lowest BCUT2D eigenvalue weighted by Crippen LogP contribution is -2.46. The molecule has 124 valence electrons. The van der Waals surface area contributed by atoms with Gasteiger partial charge in [0.1, 0.15) is 11.6 Å². The first-order valence-electron chi connectivity index (χ1n) is 7.52. The van der Waals surface area contributed by atoms with Gasteiger partial charge in [-0.25, -0.2) is 4.39 Å². The number of halogens is 2. The Bertz CT molecular complexity index is 473. The lowest BCUT2D eigenvalue weighted by Gasteiger charge is -2.32. The highest BCUT2D eigenvalue weighted by Crippen LogP contribution is 2.14. The molecule has 1 heterocycles. The van der Waals surface area contributed by atoms with Gasteiger partial charge < -0.3 is 15.0 Å². The Morgan fingerprint density at radius 3 is 3.05 bits per heavy atom. The number of rotatable bonds is 6. The van der Waals surface area contributed by atoms with E-state index in [1.807, 2.05) is 11.9 Å². The summed E-state index contributed by atoms with van der Waals surface area (Å²) in [5.74, 6) is 0.378. The van der Waals surface area contributed by atoms with E-state index in [1.54, 1.807) is 12.1 Å². The van der Waals surface area contributed by atoms with E-state index in [9.17, 15) is 9.18 Å². The summed E-state index contributed by atoms with van der Waals surface area (Å²) in [5, 5.41) is 3.23. The molecular weight excluding hydrogens is 307 g/mol. The van der Waals surface area contributed by atoms with Gasteiger partial charge in [-0.05, 0) is 38.4 Å². The van der Waals surface area contributed by atoms with Crippen LogP contribution in [0.1, 0.15) is 25.7 Å². The Kier molecular flexibility index (Phi) is 8.20. The quantitative estimate of drug-likeness (QED) is 0.815. The van der Waals surface area contributed by atoms with Crippen LogP contribution in [0.2, 0.25) is 0 Å². The van der Waals surface area contributed by atoms with Crippen molar-refractivity contribution in [2.24, 2.45) is 0 Å². The molecule has 0 aliphatic carbocycles. The zero-order chi connectivity index (χ0) is 15.1. The number of nitrogens with zero attached hydrogens (tertiary/aromatic N) is 1. The SMILES string of the molecule is CNC1CCCN(C(=O)CCCOc2cccc(F)c2)C1.Cl. The van der Waals surface area contributed by atoms with Crippen molar-refractivity contribution in [1.29, 1.82) is 0 Å². The van der Waals surface area contributed by atoms with Crippen molar-refractivity contribution in [2.45, 2.75) is 31.7 Å². The smallest absolute Gasteiger partial charge is 0.222 e. The van der Waals surface area contributed by atoms with Gasteiger partial charge in [0.15, 0.2) is 0 Å². The first-order valence-corrected chi connectivity index (χ1v) is 7.52. The summed E-state index contributed by atoms with van der Waals surface area (Å²) in [6.07, 6.45) is 3.31. The van der Waals surface area contributed by atoms with E-state index in [-0.39, 0.29) is 24.1 Å². The second-order valence-corrected chi connectivity index (χ2v) is 5.38. The molecule has 4 nitrogen and oxygen atoms in total. The van der Waals surface area contributed by atoms with E-state index in [2.05, 4.69) is 5.32 Å². The van der Waals surface area contributed by atoms with Crippen molar-refractivity contribution in [3.63, 3.8) is 0 Å². The molecule has 1 aromatic rings. The maximum absolute atomic E-state index is 13.0. The van der Waals surface area contributed by atoms with Gasteiger partial charge in [-0.15, -0.1) is 12.4 Å². The van der Waals surface area contributed by atoms with Crippen LogP contribution >= 0.6 is 12.4 Å². The molecule has 1 fully saturated rings. The van der Waals surface area contributed by atoms with Crippen molar-refractivity contribution < 1.29 is 13.9 Å². The minimum atomic E-state index is -0.310. The number of benzene rings is 1. The topological polar surface area (TPSA) is 41.6 Å². The Labute approximate surface area is 137 Å². The van der Waals surface area contributed by atoms with E-state index in [4.69, 9.17) is 4.74 Å². The fourth-order valence-corrected chi connectivity index (χ4v) is 2.57. The van der Waals surface area contributed by atoms with Gasteiger partial charge in [-0.2, -0.15) is 0 Å². The van der Waals surface area contributed by atoms with Crippen LogP contribution in [0.5, 0.6) is 5.75 Å². The zero-order valence-corrected chi connectivity index (χ0v) is 13.7. The van der Waals surface area contributed by atoms with Crippen LogP contribution in [0.25, 0.3) is 0 Å². The number of likely N-dealkylation sites (tertiary alicyclic amines) is 1. The predicted molar refractivity (Wildman–Crippen MR) is 87.0 cm³/mol. The minimum Gasteiger partial charge on any atom is -0.493 e. The van der Waals surface area contributed by atoms with Crippen molar-refractivity contribution in [3.8, 4) is 5.75 Å². The van der Waals surface area contributed by atoms with E-state index in [0.717, 1.165) is 25.9 Å². The van der Waals surface area contributed by atoms with Crippen LogP contribution < -0.4 is 10.1 Å². The Balaban J connectivity index is 0.00000242. The standard InChI is InChI=1S/C16H23FN2O2.ClH/c1-18-14-6-3-9-19(12-14)16(20)8-4-10-21-15-7-2-5-13(17)11-15;/h2,5,7,11,14,18H,3-4,6,8-10,12H2,1H3;1H. The highest BCUT2D eigenvalue weighted by molar-refractivity contribution is 5.85. The van der Waals surface area contributed by atoms with Crippen LogP contribution in [0.4, 0.5) is 4.39 Å². The van der Waals surface area contributed by atoms with Gasteiger partial charge in [-0.3, -0.25) is 4.79 Å². The molecule has 1 saturated heterocycles. The minimum absolute atomic E-state index is 0. The van der Waals surface area contributed by atoms with Crippen LogP contribution in [0, 0.1) is 5.82 Å². The Hall–Kier alpha value is -1.33. The fraction of sp³-hybridized carbons (Fsp3) is 0.562. The van der Waals surface area contributed by atoms with E-state index >= 15 is 0 Å². The summed E-state index contributed by atoms with van der Waals surface area (Å²) in [6.45, 7) is 2.07. The summed E-state index contributed by atoms with van der Waals surface area (Å²) in [5.41, 5.74) is 0. The second-order valence-electron chi connectivity index (χ2n) is 5.38. The summed E-state index contributed by atoms with van der Waals surface area (Å²) in [7, 11) is 1.94. The summed E-state index contributed by atoms with van der Waals surface area (Å²) in [4.78, 5) is 14.0. The molecule has 0 saturated carbocycles. The molecule has 22 heavy (non-hydrogen) atoms. The largest absolute Gasteiger partial charge is 0.493 e. The molecule has 0 radical (unpaired) electrons. The fourth-order valence-electron chi connectivity index (χ4n) is 2.57. The Morgan fingerprint density at radius 2 is 2.32 bits per heavy atom. The number of amides is 1. The van der Waals surface area contributed by atoms with Crippen molar-refractivity contribution >= 4 is 18.3 Å². The molecule has 1 unspecified atom stereocenters. The van der Waals surface area contributed by atoms with Crippen molar-refractivity contribution in [3.05, 3.63) is 30.1 Å². The van der Waals surface area contributed by atoms with E-state index < -0.39 is 0 Å². The van der Waals surface area contributed by atoms with E-state index in [1.165, 1.54) is 12.1 Å². The number of piperidine rings is 1. The molecule has 1 amide bonds. The van der Waals surface area contributed by atoms with Crippen molar-refractivity contribution in [1.82, 2.24) is 10.2 Å². The number of carbonyl (C=O) groups is 1. The molecule has 2 rings (SSSR count). The molecule has 1 aliphatic rings. The van der Waals surface area contributed by atoms with Crippen LogP contribution in [-0.4, -0.2) is 43.6 Å². The third-order valence-electron chi connectivity index (χ3n) is 3.78. The van der Waals surface area contributed by atoms with Gasteiger partial charge in [0.2, 0.25) is 5.91 Å². The molecule has 1 atom stereocenters. The summed E-state index contributed by atoms with van der Waals surface area (Å²) < 4.78 is 18.4. The average Bonchev–Trinajstić information content (AvgIpc) is 2.51. The Morgan fingerprint density at radius 1 is 1.50 bits per heavy atom. The number of nitrogens with one attached hydrogen (secondary N) is 1. The third kappa shape index (κ3) is 5.81. The van der Waals surface area contributed by atoms with E-state index in [0.29, 0.717) is 31.2 Å². The van der Waals surface area contributed by atoms with Gasteiger partial charge in [0.25, 0.3) is 0 Å². The highest BCUT2D eigenvalue weighted by atomic mass is 35.5. The summed E-state index contributed by atoms with van der Waals surface area (Å²) >= 11 is 0. The molecule has 6 heteroatoms. The zero-order valence-electron chi connectivity index (χ0n) is 12.9. The van der Waals surface area contributed by atoms with Crippen LogP contribution in [0.3, 0.4) is 0 Å².